The molecule has 1 aliphatic heterocycles. The lowest BCUT2D eigenvalue weighted by atomic mass is 10.1. The Labute approximate surface area is 169 Å². The van der Waals surface area contributed by atoms with Gasteiger partial charge in [0, 0.05) is 41.9 Å². The molecule has 0 bridgehead atoms. The van der Waals surface area contributed by atoms with Gasteiger partial charge in [-0.15, -0.1) is 0 Å². The number of nitrogens with zero attached hydrogens (tertiary/aromatic N) is 2. The SMILES string of the molecule is O=c1cc(-c2ccccc2Cl)nc(-c2cccc(CN3CCCNCC3)c2)[nH]1. The minimum atomic E-state index is -0.191. The maximum absolute atomic E-state index is 12.3. The summed E-state index contributed by atoms with van der Waals surface area (Å²) in [6, 6.07) is 17.1. The smallest absolute Gasteiger partial charge is 0.251 e. The zero-order valence-electron chi connectivity index (χ0n) is 15.6. The van der Waals surface area contributed by atoms with Crippen LogP contribution in [-0.2, 0) is 6.54 Å². The average molecular weight is 395 g/mol. The molecule has 0 atom stereocenters. The van der Waals surface area contributed by atoms with E-state index < -0.39 is 0 Å². The summed E-state index contributed by atoms with van der Waals surface area (Å²) in [6.07, 6.45) is 1.16. The van der Waals surface area contributed by atoms with Gasteiger partial charge < -0.3 is 10.3 Å². The molecule has 0 spiro atoms. The van der Waals surface area contributed by atoms with Crippen LogP contribution in [0.5, 0.6) is 0 Å². The van der Waals surface area contributed by atoms with E-state index in [0.717, 1.165) is 50.3 Å². The second kappa shape index (κ2) is 8.69. The Bertz CT molecular complexity index is 1010. The molecule has 28 heavy (non-hydrogen) atoms. The molecule has 0 saturated carbocycles. The first-order valence-electron chi connectivity index (χ1n) is 9.58. The Morgan fingerprint density at radius 1 is 1.04 bits per heavy atom. The van der Waals surface area contributed by atoms with Crippen molar-refractivity contribution in [2.75, 3.05) is 26.2 Å². The second-order valence-corrected chi connectivity index (χ2v) is 7.45. The van der Waals surface area contributed by atoms with Crippen molar-refractivity contribution in [2.24, 2.45) is 0 Å². The first-order valence-corrected chi connectivity index (χ1v) is 9.95. The quantitative estimate of drug-likeness (QED) is 0.710. The van der Waals surface area contributed by atoms with Gasteiger partial charge in [0.15, 0.2) is 0 Å². The summed E-state index contributed by atoms with van der Waals surface area (Å²) in [5, 5.41) is 4.01. The molecular formula is C22H23ClN4O. The van der Waals surface area contributed by atoms with E-state index in [1.165, 1.54) is 11.6 Å². The Hall–Kier alpha value is -2.47. The van der Waals surface area contributed by atoms with Crippen molar-refractivity contribution in [3.63, 3.8) is 0 Å². The van der Waals surface area contributed by atoms with E-state index in [2.05, 4.69) is 32.3 Å². The number of rotatable bonds is 4. The van der Waals surface area contributed by atoms with Crippen LogP contribution in [0.3, 0.4) is 0 Å². The minimum absolute atomic E-state index is 0.191. The van der Waals surface area contributed by atoms with Crippen LogP contribution in [-0.4, -0.2) is 41.0 Å². The highest BCUT2D eigenvalue weighted by Crippen LogP contribution is 2.26. The molecule has 1 fully saturated rings. The molecule has 1 aliphatic rings. The van der Waals surface area contributed by atoms with Gasteiger partial charge in [0.25, 0.3) is 5.56 Å². The number of aromatic amines is 1. The first-order chi connectivity index (χ1) is 13.7. The van der Waals surface area contributed by atoms with Crippen LogP contribution in [0.15, 0.2) is 59.4 Å². The third-order valence-electron chi connectivity index (χ3n) is 4.93. The highest BCUT2D eigenvalue weighted by atomic mass is 35.5. The molecule has 1 saturated heterocycles. The summed E-state index contributed by atoms with van der Waals surface area (Å²) in [5.74, 6) is 0.557. The van der Waals surface area contributed by atoms with Gasteiger partial charge in [0.2, 0.25) is 0 Å². The van der Waals surface area contributed by atoms with Gasteiger partial charge >= 0.3 is 0 Å². The molecule has 5 nitrogen and oxygen atoms in total. The van der Waals surface area contributed by atoms with Crippen molar-refractivity contribution in [2.45, 2.75) is 13.0 Å². The van der Waals surface area contributed by atoms with E-state index in [0.29, 0.717) is 16.5 Å². The largest absolute Gasteiger partial charge is 0.315 e. The van der Waals surface area contributed by atoms with Crippen molar-refractivity contribution >= 4 is 11.6 Å². The highest BCUT2D eigenvalue weighted by Gasteiger charge is 2.12. The fraction of sp³-hybridized carbons (Fsp3) is 0.273. The summed E-state index contributed by atoms with van der Waals surface area (Å²) in [4.78, 5) is 22.2. The third kappa shape index (κ3) is 4.50. The molecule has 0 unspecified atom stereocenters. The van der Waals surface area contributed by atoms with E-state index in [9.17, 15) is 4.79 Å². The molecule has 0 amide bonds. The number of halogens is 1. The van der Waals surface area contributed by atoms with Crippen molar-refractivity contribution in [1.82, 2.24) is 20.2 Å². The maximum atomic E-state index is 12.3. The summed E-state index contributed by atoms with van der Waals surface area (Å²) < 4.78 is 0. The van der Waals surface area contributed by atoms with E-state index in [1.54, 1.807) is 6.07 Å². The molecule has 1 aromatic heterocycles. The monoisotopic (exact) mass is 394 g/mol. The molecule has 6 heteroatoms. The highest BCUT2D eigenvalue weighted by molar-refractivity contribution is 6.33. The summed E-state index contributed by atoms with van der Waals surface area (Å²) in [7, 11) is 0. The van der Waals surface area contributed by atoms with Gasteiger partial charge in [-0.1, -0.05) is 48.0 Å². The average Bonchev–Trinajstić information content (AvgIpc) is 2.97. The zero-order chi connectivity index (χ0) is 19.3. The van der Waals surface area contributed by atoms with Gasteiger partial charge in [-0.25, -0.2) is 4.98 Å². The van der Waals surface area contributed by atoms with Gasteiger partial charge in [-0.2, -0.15) is 0 Å². The first kappa shape index (κ1) is 18.9. The number of hydrogen-bond acceptors (Lipinski definition) is 4. The lowest BCUT2D eigenvalue weighted by Crippen LogP contribution is -2.27. The van der Waals surface area contributed by atoms with Crippen molar-refractivity contribution in [3.05, 3.63) is 75.5 Å². The standard InChI is InChI=1S/C22H23ClN4O/c23-19-8-2-1-7-18(19)20-14-21(28)26-22(25-20)17-6-3-5-16(13-17)15-27-11-4-9-24-10-12-27/h1-3,5-8,13-14,24H,4,9-12,15H2,(H,25,26,28). The number of aromatic nitrogens is 2. The van der Waals surface area contributed by atoms with Crippen LogP contribution in [0.2, 0.25) is 5.02 Å². The Morgan fingerprint density at radius 3 is 2.82 bits per heavy atom. The van der Waals surface area contributed by atoms with Crippen LogP contribution in [0.1, 0.15) is 12.0 Å². The predicted octanol–water partition coefficient (Wildman–Crippen LogP) is 3.55. The third-order valence-corrected chi connectivity index (χ3v) is 5.26. The van der Waals surface area contributed by atoms with Crippen LogP contribution >= 0.6 is 11.6 Å². The Balaban J connectivity index is 1.64. The summed E-state index contributed by atoms with van der Waals surface area (Å²) in [5.41, 5.74) is 3.25. The second-order valence-electron chi connectivity index (χ2n) is 7.04. The van der Waals surface area contributed by atoms with Crippen LogP contribution in [0.4, 0.5) is 0 Å². The van der Waals surface area contributed by atoms with Crippen molar-refractivity contribution in [3.8, 4) is 22.6 Å². The lowest BCUT2D eigenvalue weighted by Gasteiger charge is -2.19. The molecule has 3 aromatic rings. The topological polar surface area (TPSA) is 61.0 Å². The maximum Gasteiger partial charge on any atom is 0.251 e. The Morgan fingerprint density at radius 2 is 1.93 bits per heavy atom. The van der Waals surface area contributed by atoms with Crippen molar-refractivity contribution in [1.29, 1.82) is 0 Å². The number of H-pyrrole nitrogens is 1. The number of hydrogen-bond donors (Lipinski definition) is 2. The van der Waals surface area contributed by atoms with Gasteiger partial charge in [-0.05, 0) is 37.2 Å². The molecule has 2 heterocycles. The van der Waals surface area contributed by atoms with Crippen molar-refractivity contribution < 1.29 is 0 Å². The summed E-state index contributed by atoms with van der Waals surface area (Å²) >= 11 is 6.29. The van der Waals surface area contributed by atoms with Crippen LogP contribution in [0, 0.1) is 0 Å². The number of nitrogens with one attached hydrogen (secondary N) is 2. The molecule has 2 aromatic carbocycles. The number of benzene rings is 2. The molecular weight excluding hydrogens is 372 g/mol. The molecule has 4 rings (SSSR count). The molecule has 144 valence electrons. The molecule has 0 aliphatic carbocycles. The van der Waals surface area contributed by atoms with Crippen LogP contribution < -0.4 is 10.9 Å². The van der Waals surface area contributed by atoms with Gasteiger partial charge in [0.1, 0.15) is 5.82 Å². The van der Waals surface area contributed by atoms with Gasteiger partial charge in [-0.3, -0.25) is 9.69 Å². The molecule has 2 N–H and O–H groups in total. The molecule has 0 radical (unpaired) electrons. The fourth-order valence-corrected chi connectivity index (χ4v) is 3.77. The fourth-order valence-electron chi connectivity index (χ4n) is 3.54. The van der Waals surface area contributed by atoms with E-state index in [1.807, 2.05) is 30.3 Å². The van der Waals surface area contributed by atoms with E-state index >= 15 is 0 Å². The lowest BCUT2D eigenvalue weighted by molar-refractivity contribution is 0.284. The van der Waals surface area contributed by atoms with Gasteiger partial charge in [0.05, 0.1) is 5.69 Å². The van der Waals surface area contributed by atoms with E-state index in [-0.39, 0.29) is 5.56 Å². The summed E-state index contributed by atoms with van der Waals surface area (Å²) in [6.45, 7) is 5.13. The predicted molar refractivity (Wildman–Crippen MR) is 114 cm³/mol. The van der Waals surface area contributed by atoms with Crippen LogP contribution in [0.25, 0.3) is 22.6 Å². The zero-order valence-corrected chi connectivity index (χ0v) is 16.4. The normalized spacial score (nSPS) is 15.3. The van der Waals surface area contributed by atoms with E-state index in [4.69, 9.17) is 11.6 Å². The minimum Gasteiger partial charge on any atom is -0.315 e. The Kier molecular flexibility index (Phi) is 5.86.